The summed E-state index contributed by atoms with van der Waals surface area (Å²) in [7, 11) is 3.26. The van der Waals surface area contributed by atoms with Crippen LogP contribution >= 0.6 is 0 Å². The molecule has 13 heteroatoms. The minimum absolute atomic E-state index is 0.0454. The minimum Gasteiger partial charge on any atom is -0.480 e. The number of rotatable bonds is 10. The van der Waals surface area contributed by atoms with Gasteiger partial charge in [-0.05, 0) is 67.2 Å². The van der Waals surface area contributed by atoms with Gasteiger partial charge in [0.25, 0.3) is 0 Å². The summed E-state index contributed by atoms with van der Waals surface area (Å²) in [6.07, 6.45) is 0.588. The quantitative estimate of drug-likeness (QED) is 0.136. The molecule has 46 heavy (non-hydrogen) atoms. The van der Waals surface area contributed by atoms with Gasteiger partial charge >= 0.3 is 17.9 Å². The number of hydrogen-bond acceptors (Lipinski definition) is 9. The number of hydrogen-bond donors (Lipinski definition) is 3. The van der Waals surface area contributed by atoms with Crippen LogP contribution in [0, 0.1) is 0 Å². The van der Waals surface area contributed by atoms with Crippen molar-refractivity contribution in [3.05, 3.63) is 100 Å². The number of halogens is 1. The lowest BCUT2D eigenvalue weighted by molar-refractivity contribution is -0.141. The van der Waals surface area contributed by atoms with Gasteiger partial charge < -0.3 is 24.6 Å². The zero-order chi connectivity index (χ0) is 33.5. The van der Waals surface area contributed by atoms with Gasteiger partial charge in [0, 0.05) is 57.2 Å². The number of nitrogens with zero attached hydrogens (tertiary/aromatic N) is 2. The Balaban J connectivity index is 0.000000416. The first kappa shape index (κ1) is 32.8. The largest absolute Gasteiger partial charge is 0.480 e. The van der Waals surface area contributed by atoms with E-state index < -0.39 is 17.9 Å². The number of carbonyl (C=O) groups is 4. The summed E-state index contributed by atoms with van der Waals surface area (Å²) in [6, 6.07) is 20.6. The smallest absolute Gasteiger partial charge is 0.336 e. The number of carbonyl (C=O) groups excluding carboxylic acids is 1. The highest BCUT2D eigenvalue weighted by atomic mass is 19.3. The van der Waals surface area contributed by atoms with Crippen LogP contribution in [-0.4, -0.2) is 71.6 Å². The van der Waals surface area contributed by atoms with Crippen molar-refractivity contribution < 1.29 is 48.4 Å². The van der Waals surface area contributed by atoms with Crippen molar-refractivity contribution in [1.82, 2.24) is 4.90 Å². The van der Waals surface area contributed by atoms with Crippen molar-refractivity contribution in [3.8, 4) is 28.2 Å². The standard InChI is InChI=1S/C28H18FNO6.C5H9NO4/c1-30(17-3-7-20(36-29)8-4-17)18-5-10-22-25(13-18)35-26-14-19(32)6-11-23(26)27(22)21-9-2-16(15-31)12-24(21)28(33)34;1-6(2-4(7)8)3-5(9)10/h2-15H,1H3,(H,33,34);2-3H2,1H3,(H,7,8)(H,9,10). The van der Waals surface area contributed by atoms with E-state index in [-0.39, 0.29) is 35.4 Å². The second-order valence-electron chi connectivity index (χ2n) is 10.1. The van der Waals surface area contributed by atoms with Crippen molar-refractivity contribution in [2.75, 3.05) is 32.1 Å². The average Bonchev–Trinajstić information content (AvgIpc) is 3.02. The number of benzene rings is 4. The van der Waals surface area contributed by atoms with Crippen LogP contribution in [0.4, 0.5) is 15.9 Å². The molecule has 0 atom stereocenters. The highest BCUT2D eigenvalue weighted by Gasteiger charge is 2.22. The number of carboxylic acids is 3. The van der Waals surface area contributed by atoms with E-state index in [2.05, 4.69) is 4.94 Å². The maximum absolute atomic E-state index is 12.4. The fourth-order valence-corrected chi connectivity index (χ4v) is 4.78. The zero-order valence-corrected chi connectivity index (χ0v) is 24.5. The third-order valence-electron chi connectivity index (χ3n) is 6.87. The molecule has 0 amide bonds. The highest BCUT2D eigenvalue weighted by molar-refractivity contribution is 6.08. The van der Waals surface area contributed by atoms with Gasteiger partial charge in [-0.15, -0.1) is 0 Å². The first-order valence-corrected chi connectivity index (χ1v) is 13.5. The Morgan fingerprint density at radius 2 is 1.46 bits per heavy atom. The van der Waals surface area contributed by atoms with Gasteiger partial charge in [0.05, 0.1) is 18.7 Å². The number of aromatic carboxylic acids is 1. The normalized spacial score (nSPS) is 10.7. The fourth-order valence-electron chi connectivity index (χ4n) is 4.78. The molecule has 0 saturated carbocycles. The van der Waals surface area contributed by atoms with E-state index in [1.54, 1.807) is 36.4 Å². The number of fused-ring (bicyclic) bond motifs is 2. The summed E-state index contributed by atoms with van der Waals surface area (Å²) >= 11 is 0. The van der Waals surface area contributed by atoms with Crippen LogP contribution in [0.1, 0.15) is 20.7 Å². The molecule has 3 aromatic carbocycles. The maximum atomic E-state index is 12.4. The van der Waals surface area contributed by atoms with Crippen LogP contribution in [0.2, 0.25) is 0 Å². The van der Waals surface area contributed by atoms with Gasteiger partial charge in [0.2, 0.25) is 0 Å². The van der Waals surface area contributed by atoms with Gasteiger partial charge in [0.1, 0.15) is 17.6 Å². The van der Waals surface area contributed by atoms with E-state index in [9.17, 15) is 33.6 Å². The lowest BCUT2D eigenvalue weighted by Gasteiger charge is -2.21. The van der Waals surface area contributed by atoms with Gasteiger partial charge in [-0.1, -0.05) is 12.1 Å². The Labute approximate surface area is 260 Å². The molecular weight excluding hydrogens is 603 g/mol. The van der Waals surface area contributed by atoms with Crippen molar-refractivity contribution >= 4 is 46.5 Å². The molecule has 0 bridgehead atoms. The zero-order valence-electron chi connectivity index (χ0n) is 24.5. The van der Waals surface area contributed by atoms with Crippen molar-refractivity contribution in [2.45, 2.75) is 0 Å². The highest BCUT2D eigenvalue weighted by Crippen LogP contribution is 2.42. The summed E-state index contributed by atoms with van der Waals surface area (Å²) in [4.78, 5) is 62.2. The molecule has 0 aromatic heterocycles. The topological polar surface area (TPSA) is 175 Å². The summed E-state index contributed by atoms with van der Waals surface area (Å²) in [5.41, 5.74) is 3.37. The summed E-state index contributed by atoms with van der Waals surface area (Å²) in [5.74, 6) is -2.86. The van der Waals surface area contributed by atoms with Crippen LogP contribution in [-0.2, 0) is 9.59 Å². The Kier molecular flexibility index (Phi) is 10.1. The van der Waals surface area contributed by atoms with Crippen LogP contribution in [0.15, 0.2) is 88.1 Å². The maximum Gasteiger partial charge on any atom is 0.336 e. The SMILES string of the molecule is CN(CC(=O)O)CC(=O)O.CN(c1ccc(OF)cc1)c1ccc2c(-c3ccc(C=O)cc3C(=O)O)c3ccc(=O)cc-3oc2c1. The minimum atomic E-state index is -1.19. The fraction of sp³-hybridized carbons (Fsp3) is 0.121. The first-order valence-electron chi connectivity index (χ1n) is 13.5. The molecule has 0 saturated heterocycles. The van der Waals surface area contributed by atoms with Gasteiger partial charge in [-0.3, -0.25) is 29.0 Å². The number of anilines is 2. The Morgan fingerprint density at radius 3 is 2.04 bits per heavy atom. The molecule has 3 aromatic rings. The van der Waals surface area contributed by atoms with Crippen LogP contribution in [0.25, 0.3) is 33.4 Å². The number of aldehydes is 1. The van der Waals surface area contributed by atoms with Gasteiger partial charge in [-0.25, -0.2) is 4.79 Å². The third kappa shape index (κ3) is 7.52. The van der Waals surface area contributed by atoms with E-state index in [1.807, 2.05) is 24.1 Å². The predicted molar refractivity (Wildman–Crippen MR) is 166 cm³/mol. The molecule has 5 rings (SSSR count). The second-order valence-corrected chi connectivity index (χ2v) is 10.1. The Morgan fingerprint density at radius 1 is 0.826 bits per heavy atom. The molecule has 1 aliphatic carbocycles. The molecule has 0 radical (unpaired) electrons. The van der Waals surface area contributed by atoms with Gasteiger partial charge in [-0.2, -0.15) is 0 Å². The molecule has 12 nitrogen and oxygen atoms in total. The summed E-state index contributed by atoms with van der Waals surface area (Å²) in [6.45, 7) is -0.488. The molecule has 0 unspecified atom stereocenters. The average molecular weight is 631 g/mol. The molecule has 236 valence electrons. The van der Waals surface area contributed by atoms with Crippen molar-refractivity contribution in [1.29, 1.82) is 0 Å². The van der Waals surface area contributed by atoms with E-state index in [1.165, 1.54) is 42.3 Å². The summed E-state index contributed by atoms with van der Waals surface area (Å²) in [5, 5.41) is 26.8. The van der Waals surface area contributed by atoms with E-state index in [0.29, 0.717) is 39.7 Å². The molecule has 2 aliphatic rings. The van der Waals surface area contributed by atoms with Crippen LogP contribution in [0.5, 0.6) is 5.75 Å². The number of likely N-dealkylation sites (N-methyl/N-ethyl adjacent to an activating group) is 1. The third-order valence-corrected chi connectivity index (χ3v) is 6.87. The molecule has 0 fully saturated rings. The number of carboxylic acid groups (broad SMARTS) is 3. The second kappa shape index (κ2) is 14.1. The van der Waals surface area contributed by atoms with E-state index in [0.717, 1.165) is 11.4 Å². The predicted octanol–water partition coefficient (Wildman–Crippen LogP) is 5.19. The monoisotopic (exact) mass is 630 g/mol. The summed E-state index contributed by atoms with van der Waals surface area (Å²) < 4.78 is 18.5. The van der Waals surface area contributed by atoms with Crippen molar-refractivity contribution in [3.63, 3.8) is 0 Å². The van der Waals surface area contributed by atoms with Crippen LogP contribution < -0.4 is 15.3 Å². The lowest BCUT2D eigenvalue weighted by Crippen LogP contribution is -2.30. The van der Waals surface area contributed by atoms with Gasteiger partial charge in [0.15, 0.2) is 11.2 Å². The van der Waals surface area contributed by atoms with Crippen molar-refractivity contribution in [2.24, 2.45) is 0 Å². The Bertz CT molecular complexity index is 1940. The molecule has 0 spiro atoms. The van der Waals surface area contributed by atoms with E-state index >= 15 is 0 Å². The lowest BCUT2D eigenvalue weighted by atomic mass is 9.90. The molecule has 1 heterocycles. The Hall–Kier alpha value is -6.08. The van der Waals surface area contributed by atoms with Crippen LogP contribution in [0.3, 0.4) is 0 Å². The number of aliphatic carboxylic acids is 2. The molecule has 3 N–H and O–H groups in total. The first-order chi connectivity index (χ1) is 21.9. The molecule has 1 aliphatic heterocycles. The van der Waals surface area contributed by atoms with E-state index in [4.69, 9.17) is 14.6 Å². The molecular formula is C33H27FN2O10.